The zero-order chi connectivity index (χ0) is 14.2. The molecule has 7 heteroatoms. The molecule has 1 heterocycles. The summed E-state index contributed by atoms with van der Waals surface area (Å²) in [4.78, 5) is 0. The maximum absolute atomic E-state index is 11.7. The van der Waals surface area contributed by atoms with Crippen LogP contribution in [0.4, 0.5) is 5.82 Å². The Kier molecular flexibility index (Phi) is 3.56. The first-order valence-corrected chi connectivity index (χ1v) is 7.93. The fraction of sp³-hybridized carbons (Fsp3) is 0.250. The molecule has 0 aliphatic rings. The number of nitrogens with one attached hydrogen (secondary N) is 1. The Morgan fingerprint density at radius 2 is 2.00 bits per heavy atom. The summed E-state index contributed by atoms with van der Waals surface area (Å²) in [6.07, 6.45) is 1.17. The van der Waals surface area contributed by atoms with Gasteiger partial charge in [0.2, 0.25) is 0 Å². The summed E-state index contributed by atoms with van der Waals surface area (Å²) in [6, 6.07) is 7.10. The van der Waals surface area contributed by atoms with Gasteiger partial charge < -0.3 is 5.73 Å². The van der Waals surface area contributed by atoms with E-state index in [4.69, 9.17) is 17.3 Å². The van der Waals surface area contributed by atoms with Crippen LogP contribution in [0.15, 0.2) is 24.3 Å². The van der Waals surface area contributed by atoms with Crippen LogP contribution in [0.5, 0.6) is 0 Å². The van der Waals surface area contributed by atoms with Crippen LogP contribution in [0.3, 0.4) is 0 Å². The molecule has 0 spiro atoms. The van der Waals surface area contributed by atoms with Gasteiger partial charge in [-0.3, -0.25) is 5.10 Å². The highest BCUT2D eigenvalue weighted by Gasteiger charge is 2.25. The number of nitrogens with two attached hydrogens (primary N) is 1. The van der Waals surface area contributed by atoms with Gasteiger partial charge in [0.25, 0.3) is 0 Å². The predicted molar refractivity (Wildman–Crippen MR) is 76.7 cm³/mol. The first kappa shape index (κ1) is 13.9. The maximum atomic E-state index is 11.7. The van der Waals surface area contributed by atoms with Crippen LogP contribution in [0.25, 0.3) is 11.1 Å². The Balaban J connectivity index is 2.66. The van der Waals surface area contributed by atoms with E-state index in [9.17, 15) is 8.42 Å². The van der Waals surface area contributed by atoms with Crippen LogP contribution in [0, 0.1) is 0 Å². The maximum Gasteiger partial charge on any atom is 0.155 e. The lowest BCUT2D eigenvalue weighted by Gasteiger charge is -2.11. The average molecular weight is 300 g/mol. The van der Waals surface area contributed by atoms with E-state index in [1.165, 1.54) is 6.26 Å². The number of aromatic nitrogens is 2. The molecule has 19 heavy (non-hydrogen) atoms. The first-order valence-electron chi connectivity index (χ1n) is 5.60. The Morgan fingerprint density at radius 3 is 2.58 bits per heavy atom. The molecule has 1 unspecified atom stereocenters. The number of rotatable bonds is 3. The van der Waals surface area contributed by atoms with Crippen molar-refractivity contribution in [2.75, 3.05) is 12.0 Å². The first-order chi connectivity index (χ1) is 8.82. The number of sulfone groups is 1. The van der Waals surface area contributed by atoms with Crippen LogP contribution in [-0.4, -0.2) is 24.9 Å². The number of nitrogen functional groups attached to an aromatic ring is 1. The van der Waals surface area contributed by atoms with E-state index in [-0.39, 0.29) is 5.82 Å². The molecule has 0 saturated heterocycles. The SMILES string of the molecule is CC(c1[nH]nc(N)c1-c1ccccc1Cl)S(C)(=O)=O. The Hall–Kier alpha value is -1.53. The monoisotopic (exact) mass is 299 g/mol. The van der Waals surface area contributed by atoms with Gasteiger partial charge in [0.05, 0.1) is 5.69 Å². The highest BCUT2D eigenvalue weighted by atomic mass is 35.5. The van der Waals surface area contributed by atoms with Crippen LogP contribution in [0.1, 0.15) is 17.9 Å². The van der Waals surface area contributed by atoms with E-state index < -0.39 is 15.1 Å². The van der Waals surface area contributed by atoms with E-state index in [0.717, 1.165) is 0 Å². The van der Waals surface area contributed by atoms with Gasteiger partial charge in [0, 0.05) is 22.4 Å². The molecule has 2 rings (SSSR count). The lowest BCUT2D eigenvalue weighted by molar-refractivity contribution is 0.591. The molecule has 3 N–H and O–H groups in total. The summed E-state index contributed by atoms with van der Waals surface area (Å²) >= 11 is 6.13. The topological polar surface area (TPSA) is 88.8 Å². The summed E-state index contributed by atoms with van der Waals surface area (Å²) in [5.74, 6) is 0.235. The van der Waals surface area contributed by atoms with Gasteiger partial charge in [-0.25, -0.2) is 8.42 Å². The molecule has 1 aromatic heterocycles. The van der Waals surface area contributed by atoms with Crippen molar-refractivity contribution in [2.45, 2.75) is 12.2 Å². The number of hydrogen-bond acceptors (Lipinski definition) is 4. The average Bonchev–Trinajstić information content (AvgIpc) is 2.69. The molecule has 1 atom stereocenters. The van der Waals surface area contributed by atoms with Crippen LogP contribution in [0.2, 0.25) is 5.02 Å². The number of benzene rings is 1. The number of anilines is 1. The molecule has 5 nitrogen and oxygen atoms in total. The molecule has 2 aromatic rings. The second-order valence-corrected chi connectivity index (χ2v) is 7.12. The third-order valence-electron chi connectivity index (χ3n) is 3.01. The summed E-state index contributed by atoms with van der Waals surface area (Å²) < 4.78 is 23.4. The van der Waals surface area contributed by atoms with E-state index in [0.29, 0.717) is 21.8 Å². The van der Waals surface area contributed by atoms with Gasteiger partial charge in [0.15, 0.2) is 15.7 Å². The molecule has 1 aromatic carbocycles. The highest BCUT2D eigenvalue weighted by Crippen LogP contribution is 2.37. The molecule has 0 aliphatic carbocycles. The van der Waals surface area contributed by atoms with Crippen molar-refractivity contribution < 1.29 is 8.42 Å². The van der Waals surface area contributed by atoms with Gasteiger partial charge in [-0.1, -0.05) is 29.8 Å². The molecular formula is C12H14ClN3O2S. The molecule has 0 amide bonds. The minimum atomic E-state index is -3.26. The van der Waals surface area contributed by atoms with Gasteiger partial charge in [-0.2, -0.15) is 5.10 Å². The fourth-order valence-electron chi connectivity index (χ4n) is 1.83. The third kappa shape index (κ3) is 2.59. The van der Waals surface area contributed by atoms with Crippen molar-refractivity contribution in [3.05, 3.63) is 35.0 Å². The quantitative estimate of drug-likeness (QED) is 0.911. The largest absolute Gasteiger partial charge is 0.382 e. The Morgan fingerprint density at radius 1 is 1.37 bits per heavy atom. The molecule has 0 radical (unpaired) electrons. The summed E-state index contributed by atoms with van der Waals surface area (Å²) in [7, 11) is -3.26. The van der Waals surface area contributed by atoms with E-state index >= 15 is 0 Å². The smallest absolute Gasteiger partial charge is 0.155 e. The Labute approximate surface area is 116 Å². The van der Waals surface area contributed by atoms with E-state index in [1.54, 1.807) is 25.1 Å². The minimum Gasteiger partial charge on any atom is -0.382 e. The number of hydrogen-bond donors (Lipinski definition) is 2. The summed E-state index contributed by atoms with van der Waals surface area (Å²) in [6.45, 7) is 1.59. The normalized spacial score (nSPS) is 13.4. The molecular weight excluding hydrogens is 286 g/mol. The number of nitrogens with zero attached hydrogens (tertiary/aromatic N) is 1. The van der Waals surface area contributed by atoms with E-state index in [1.807, 2.05) is 6.07 Å². The number of aromatic amines is 1. The standard InChI is InChI=1S/C12H14ClN3O2S/c1-7(19(2,17)18)11-10(12(14)16-15-11)8-5-3-4-6-9(8)13/h3-7H,1-2H3,(H3,14,15,16). The van der Waals surface area contributed by atoms with Gasteiger partial charge in [-0.15, -0.1) is 0 Å². The lowest BCUT2D eigenvalue weighted by Crippen LogP contribution is -2.09. The summed E-state index contributed by atoms with van der Waals surface area (Å²) in [5, 5.41) is 6.36. The van der Waals surface area contributed by atoms with E-state index in [2.05, 4.69) is 10.2 Å². The number of halogens is 1. The van der Waals surface area contributed by atoms with Crippen molar-refractivity contribution in [3.63, 3.8) is 0 Å². The summed E-state index contributed by atoms with van der Waals surface area (Å²) in [5.41, 5.74) is 7.49. The zero-order valence-corrected chi connectivity index (χ0v) is 12.1. The molecule has 0 saturated carbocycles. The Bertz CT molecular complexity index is 710. The van der Waals surface area contributed by atoms with Crippen LogP contribution >= 0.6 is 11.6 Å². The fourth-order valence-corrected chi connectivity index (χ4v) is 2.65. The van der Waals surface area contributed by atoms with Crippen molar-refractivity contribution >= 4 is 27.3 Å². The highest BCUT2D eigenvalue weighted by molar-refractivity contribution is 7.90. The third-order valence-corrected chi connectivity index (χ3v) is 4.86. The molecule has 0 bridgehead atoms. The second-order valence-electron chi connectivity index (χ2n) is 4.35. The van der Waals surface area contributed by atoms with Crippen LogP contribution in [-0.2, 0) is 9.84 Å². The van der Waals surface area contributed by atoms with Gasteiger partial charge in [0.1, 0.15) is 5.25 Å². The zero-order valence-electron chi connectivity index (χ0n) is 10.5. The van der Waals surface area contributed by atoms with Crippen molar-refractivity contribution in [2.24, 2.45) is 0 Å². The van der Waals surface area contributed by atoms with Crippen molar-refractivity contribution in [3.8, 4) is 11.1 Å². The van der Waals surface area contributed by atoms with Crippen LogP contribution < -0.4 is 5.73 Å². The molecule has 0 fully saturated rings. The predicted octanol–water partition coefficient (Wildman–Crippen LogP) is 2.42. The second kappa shape index (κ2) is 4.86. The van der Waals surface area contributed by atoms with Crippen molar-refractivity contribution in [1.82, 2.24) is 10.2 Å². The van der Waals surface area contributed by atoms with Gasteiger partial charge in [-0.05, 0) is 13.0 Å². The van der Waals surface area contributed by atoms with Gasteiger partial charge >= 0.3 is 0 Å². The number of H-pyrrole nitrogens is 1. The molecule has 0 aliphatic heterocycles. The minimum absolute atomic E-state index is 0.235. The lowest BCUT2D eigenvalue weighted by atomic mass is 10.0. The molecule has 102 valence electrons. The van der Waals surface area contributed by atoms with Crippen molar-refractivity contribution in [1.29, 1.82) is 0 Å².